The van der Waals surface area contributed by atoms with Gasteiger partial charge in [-0.1, -0.05) is 6.92 Å². The van der Waals surface area contributed by atoms with Gasteiger partial charge in [0.2, 0.25) is 5.91 Å². The van der Waals surface area contributed by atoms with E-state index in [0.29, 0.717) is 12.0 Å². The number of hydrogen-bond donors (Lipinski definition) is 1. The molecular weight excluding hydrogens is 254 g/mol. The summed E-state index contributed by atoms with van der Waals surface area (Å²) in [5, 5.41) is 1.41. The summed E-state index contributed by atoms with van der Waals surface area (Å²) in [6, 6.07) is 4.28. The maximum absolute atomic E-state index is 12.0. The Morgan fingerprint density at radius 3 is 2.67 bits per heavy atom. The molecule has 1 aromatic carbocycles. The van der Waals surface area contributed by atoms with Crippen molar-refractivity contribution in [2.24, 2.45) is 0 Å². The van der Waals surface area contributed by atoms with Crippen LogP contribution in [0, 0.1) is 0 Å². The lowest BCUT2D eigenvalue weighted by atomic mass is 10.1. The molecule has 18 heavy (non-hydrogen) atoms. The number of Topliss-reactive ketones (excluding diaryl/α,β-unsaturated/α-hetero) is 1. The van der Waals surface area contributed by atoms with E-state index < -0.39 is 21.0 Å². The first kappa shape index (κ1) is 12.8. The van der Waals surface area contributed by atoms with Crippen molar-refractivity contribution in [1.82, 2.24) is 0 Å². The minimum atomic E-state index is -3.64. The zero-order valence-electron chi connectivity index (χ0n) is 10.1. The molecule has 96 valence electrons. The highest BCUT2D eigenvalue weighted by Crippen LogP contribution is 2.31. The van der Waals surface area contributed by atoms with Crippen molar-refractivity contribution in [2.45, 2.75) is 30.4 Å². The molecule has 5 nitrogen and oxygen atoms in total. The second-order valence-electron chi connectivity index (χ2n) is 4.16. The number of rotatable bonds is 2. The molecule has 1 atom stereocenters. The summed E-state index contributed by atoms with van der Waals surface area (Å²) in [6.07, 6.45) is 0.329. The lowest BCUT2D eigenvalue weighted by Crippen LogP contribution is -2.37. The maximum atomic E-state index is 12.0. The van der Waals surface area contributed by atoms with Gasteiger partial charge in [-0.15, -0.1) is 0 Å². The van der Waals surface area contributed by atoms with Gasteiger partial charge in [0.1, 0.15) is 5.25 Å². The number of hydrogen-bond acceptors (Lipinski definition) is 4. The third-order valence-electron chi connectivity index (χ3n) is 3.02. The summed E-state index contributed by atoms with van der Waals surface area (Å²) in [4.78, 5) is 23.2. The Morgan fingerprint density at radius 1 is 1.39 bits per heavy atom. The molecule has 2 rings (SSSR count). The molecule has 1 amide bonds. The number of nitrogens with one attached hydrogen (secondary N) is 1. The molecule has 0 spiro atoms. The van der Waals surface area contributed by atoms with Gasteiger partial charge in [-0.05, 0) is 25.1 Å². The maximum Gasteiger partial charge on any atom is 0.242 e. The average molecular weight is 267 g/mol. The van der Waals surface area contributed by atoms with Gasteiger partial charge >= 0.3 is 0 Å². The molecule has 0 saturated heterocycles. The van der Waals surface area contributed by atoms with Crippen LogP contribution < -0.4 is 5.32 Å². The van der Waals surface area contributed by atoms with Crippen molar-refractivity contribution in [2.75, 3.05) is 5.32 Å². The largest absolute Gasteiger partial charge is 0.324 e. The van der Waals surface area contributed by atoms with Crippen LogP contribution in [0.15, 0.2) is 23.1 Å². The van der Waals surface area contributed by atoms with Crippen LogP contribution in [0.4, 0.5) is 5.69 Å². The highest BCUT2D eigenvalue weighted by molar-refractivity contribution is 7.93. The molecule has 6 heteroatoms. The topological polar surface area (TPSA) is 80.3 Å². The first-order valence-electron chi connectivity index (χ1n) is 5.60. The van der Waals surface area contributed by atoms with E-state index in [1.165, 1.54) is 25.1 Å². The molecule has 1 aliphatic rings. The van der Waals surface area contributed by atoms with Gasteiger partial charge in [-0.3, -0.25) is 9.59 Å². The quantitative estimate of drug-likeness (QED) is 0.821. The summed E-state index contributed by atoms with van der Waals surface area (Å²) in [7, 11) is -3.64. The number of carbonyl (C=O) groups is 2. The third kappa shape index (κ3) is 1.82. The van der Waals surface area contributed by atoms with Crippen LogP contribution in [0.3, 0.4) is 0 Å². The van der Waals surface area contributed by atoms with Gasteiger partial charge in [0.25, 0.3) is 0 Å². The zero-order chi connectivity index (χ0) is 13.5. The number of anilines is 1. The Kier molecular flexibility index (Phi) is 2.98. The van der Waals surface area contributed by atoms with Crippen LogP contribution >= 0.6 is 0 Å². The van der Waals surface area contributed by atoms with Crippen LogP contribution in [0.25, 0.3) is 0 Å². The second-order valence-corrected chi connectivity index (χ2v) is 6.40. The summed E-state index contributed by atoms with van der Waals surface area (Å²) in [5.74, 6) is -0.660. The fraction of sp³-hybridized carbons (Fsp3) is 0.333. The van der Waals surface area contributed by atoms with Crippen molar-refractivity contribution in [3.8, 4) is 0 Å². The van der Waals surface area contributed by atoms with E-state index in [-0.39, 0.29) is 16.4 Å². The fourth-order valence-corrected chi connectivity index (χ4v) is 3.21. The van der Waals surface area contributed by atoms with Crippen LogP contribution in [0.1, 0.15) is 30.6 Å². The lowest BCUT2D eigenvalue weighted by Gasteiger charge is -2.22. The summed E-state index contributed by atoms with van der Waals surface area (Å²) >= 11 is 0. The zero-order valence-corrected chi connectivity index (χ0v) is 10.9. The van der Waals surface area contributed by atoms with Gasteiger partial charge < -0.3 is 5.32 Å². The second kappa shape index (κ2) is 4.20. The number of amides is 1. The molecular formula is C12H13NO4S. The molecule has 1 N–H and O–H groups in total. The minimum Gasteiger partial charge on any atom is -0.324 e. The first-order valence-corrected chi connectivity index (χ1v) is 7.14. The van der Waals surface area contributed by atoms with Gasteiger partial charge in [-0.25, -0.2) is 8.42 Å². The number of ketones is 1. The van der Waals surface area contributed by atoms with Gasteiger partial charge in [-0.2, -0.15) is 0 Å². The van der Waals surface area contributed by atoms with Gasteiger partial charge in [0.05, 0.1) is 10.6 Å². The Morgan fingerprint density at radius 2 is 2.06 bits per heavy atom. The van der Waals surface area contributed by atoms with Crippen molar-refractivity contribution < 1.29 is 18.0 Å². The molecule has 0 aromatic heterocycles. The normalized spacial score (nSPS) is 21.0. The molecule has 1 aromatic rings. The van der Waals surface area contributed by atoms with E-state index in [4.69, 9.17) is 0 Å². The average Bonchev–Trinajstić information content (AvgIpc) is 2.35. The first-order chi connectivity index (χ1) is 8.37. The highest BCUT2D eigenvalue weighted by Gasteiger charge is 2.36. The third-order valence-corrected chi connectivity index (χ3v) is 5.14. The smallest absolute Gasteiger partial charge is 0.242 e. The number of fused-ring (bicyclic) bond motifs is 1. The van der Waals surface area contributed by atoms with Crippen molar-refractivity contribution in [1.29, 1.82) is 0 Å². The van der Waals surface area contributed by atoms with E-state index in [2.05, 4.69) is 5.32 Å². The molecule has 0 radical (unpaired) electrons. The SMILES string of the molecule is CCC(=O)c1ccc2c(c1)NC(=O)C(C)S2(=O)=O. The predicted octanol–water partition coefficient (Wildman–Crippen LogP) is 1.39. The lowest BCUT2D eigenvalue weighted by molar-refractivity contribution is -0.115. The fourth-order valence-electron chi connectivity index (χ4n) is 1.82. The molecule has 0 bridgehead atoms. The monoisotopic (exact) mass is 267 g/mol. The van der Waals surface area contributed by atoms with Crippen LogP contribution in [0.5, 0.6) is 0 Å². The van der Waals surface area contributed by atoms with Crippen molar-refractivity contribution >= 4 is 27.2 Å². The summed E-state index contributed by atoms with van der Waals surface area (Å²) < 4.78 is 24.0. The van der Waals surface area contributed by atoms with E-state index in [1.54, 1.807) is 6.92 Å². The van der Waals surface area contributed by atoms with Crippen LogP contribution in [-0.2, 0) is 14.6 Å². The van der Waals surface area contributed by atoms with Crippen LogP contribution in [0.2, 0.25) is 0 Å². The Bertz CT molecular complexity index is 633. The summed E-state index contributed by atoms with van der Waals surface area (Å²) in [6.45, 7) is 3.07. The van der Waals surface area contributed by atoms with Crippen molar-refractivity contribution in [3.05, 3.63) is 23.8 Å². The Labute approximate surface area is 105 Å². The van der Waals surface area contributed by atoms with Gasteiger partial charge in [0.15, 0.2) is 15.6 Å². The molecule has 0 fully saturated rings. The number of sulfone groups is 1. The van der Waals surface area contributed by atoms with E-state index in [9.17, 15) is 18.0 Å². The summed E-state index contributed by atoms with van der Waals surface area (Å²) in [5.41, 5.74) is 0.596. The predicted molar refractivity (Wildman–Crippen MR) is 66.3 cm³/mol. The van der Waals surface area contributed by atoms with E-state index in [0.717, 1.165) is 0 Å². The highest BCUT2D eigenvalue weighted by atomic mass is 32.2. The number of carbonyl (C=O) groups excluding carboxylic acids is 2. The molecule has 1 unspecified atom stereocenters. The molecule has 1 aliphatic heterocycles. The molecule has 0 aliphatic carbocycles. The molecule has 0 saturated carbocycles. The van der Waals surface area contributed by atoms with E-state index in [1.807, 2.05) is 0 Å². The minimum absolute atomic E-state index is 0.0715. The van der Waals surface area contributed by atoms with E-state index >= 15 is 0 Å². The number of benzene rings is 1. The standard InChI is InChI=1S/C12H13NO4S/c1-3-10(14)8-4-5-11-9(6-8)13-12(15)7(2)18(11,16)17/h4-7H,3H2,1-2H3,(H,13,15). The molecule has 1 heterocycles. The van der Waals surface area contributed by atoms with Crippen LogP contribution in [-0.4, -0.2) is 25.4 Å². The van der Waals surface area contributed by atoms with Crippen molar-refractivity contribution in [3.63, 3.8) is 0 Å². The van der Waals surface area contributed by atoms with Gasteiger partial charge in [0, 0.05) is 12.0 Å². The Hall–Kier alpha value is -1.69. The Balaban J connectivity index is 2.60.